The first-order chi connectivity index (χ1) is 7.97. The number of thiocarbonyl (C=S) groups is 1. The van der Waals surface area contributed by atoms with Crippen molar-refractivity contribution in [1.29, 1.82) is 0 Å². The Morgan fingerprint density at radius 2 is 2.06 bits per heavy atom. The number of rotatable bonds is 2. The first-order valence-corrected chi connectivity index (χ1v) is 6.21. The predicted octanol–water partition coefficient (Wildman–Crippen LogP) is -0.257. The van der Waals surface area contributed by atoms with Gasteiger partial charge in [0.05, 0.1) is 16.9 Å². The van der Waals surface area contributed by atoms with Gasteiger partial charge in [-0.2, -0.15) is 0 Å². The van der Waals surface area contributed by atoms with Crippen LogP contribution in [-0.2, 0) is 9.59 Å². The van der Waals surface area contributed by atoms with E-state index < -0.39 is 5.41 Å². The lowest BCUT2D eigenvalue weighted by atomic mass is 10.1. The van der Waals surface area contributed by atoms with E-state index in [1.807, 2.05) is 0 Å². The lowest BCUT2D eigenvalue weighted by Gasteiger charge is -2.24. The van der Waals surface area contributed by atoms with Gasteiger partial charge < -0.3 is 15.5 Å². The van der Waals surface area contributed by atoms with E-state index in [-0.39, 0.29) is 23.3 Å². The van der Waals surface area contributed by atoms with E-state index in [1.54, 1.807) is 16.8 Å². The maximum atomic E-state index is 12.3. The standard InChI is InChI=1S/C11H17N3O2S/c1-13-5-2-6-14(7-8(13)15)10(16)11(3-4-11)9(12)17/h2-7H2,1H3,(H2,12,17). The van der Waals surface area contributed by atoms with Crippen LogP contribution >= 0.6 is 12.2 Å². The molecule has 6 heteroatoms. The van der Waals surface area contributed by atoms with Crippen LogP contribution in [-0.4, -0.2) is 53.3 Å². The Balaban J connectivity index is 2.10. The fraction of sp³-hybridized carbons (Fsp3) is 0.727. The molecular weight excluding hydrogens is 238 g/mol. The van der Waals surface area contributed by atoms with Crippen molar-refractivity contribution in [2.24, 2.45) is 11.1 Å². The van der Waals surface area contributed by atoms with E-state index in [0.29, 0.717) is 13.1 Å². The second-order valence-electron chi connectivity index (χ2n) is 4.84. The molecule has 1 saturated carbocycles. The maximum Gasteiger partial charge on any atom is 0.241 e. The summed E-state index contributed by atoms with van der Waals surface area (Å²) >= 11 is 4.96. The van der Waals surface area contributed by atoms with Gasteiger partial charge in [-0.3, -0.25) is 9.59 Å². The minimum Gasteiger partial charge on any atom is -0.392 e. The number of carbonyl (C=O) groups excluding carboxylic acids is 2. The second kappa shape index (κ2) is 4.25. The van der Waals surface area contributed by atoms with Crippen molar-refractivity contribution in [1.82, 2.24) is 9.80 Å². The highest BCUT2D eigenvalue weighted by atomic mass is 32.1. The molecule has 2 N–H and O–H groups in total. The van der Waals surface area contributed by atoms with Crippen molar-refractivity contribution in [3.63, 3.8) is 0 Å². The van der Waals surface area contributed by atoms with Gasteiger partial charge in [0.15, 0.2) is 0 Å². The largest absolute Gasteiger partial charge is 0.392 e. The first-order valence-electron chi connectivity index (χ1n) is 5.80. The average Bonchev–Trinajstić information content (AvgIpc) is 3.06. The van der Waals surface area contributed by atoms with E-state index in [1.165, 1.54) is 0 Å². The molecule has 1 heterocycles. The Morgan fingerprint density at radius 3 is 2.59 bits per heavy atom. The molecule has 0 aromatic rings. The van der Waals surface area contributed by atoms with E-state index in [4.69, 9.17) is 18.0 Å². The van der Waals surface area contributed by atoms with E-state index in [0.717, 1.165) is 19.3 Å². The number of nitrogens with zero attached hydrogens (tertiary/aromatic N) is 2. The summed E-state index contributed by atoms with van der Waals surface area (Å²) in [5.41, 5.74) is 4.99. The number of carbonyl (C=O) groups is 2. The third kappa shape index (κ3) is 2.13. The second-order valence-corrected chi connectivity index (χ2v) is 5.28. The minimum absolute atomic E-state index is 0.0189. The number of likely N-dealkylation sites (N-methyl/N-ethyl adjacent to an activating group) is 1. The predicted molar refractivity (Wildman–Crippen MR) is 67.3 cm³/mol. The van der Waals surface area contributed by atoms with E-state index in [9.17, 15) is 9.59 Å². The minimum atomic E-state index is -0.640. The lowest BCUT2D eigenvalue weighted by molar-refractivity contribution is -0.140. The van der Waals surface area contributed by atoms with Crippen molar-refractivity contribution in [3.05, 3.63) is 0 Å². The van der Waals surface area contributed by atoms with Crippen LogP contribution in [0.3, 0.4) is 0 Å². The molecule has 2 aliphatic rings. The zero-order valence-corrected chi connectivity index (χ0v) is 10.8. The van der Waals surface area contributed by atoms with E-state index in [2.05, 4.69) is 0 Å². The van der Waals surface area contributed by atoms with Crippen LogP contribution < -0.4 is 5.73 Å². The third-order valence-corrected chi connectivity index (χ3v) is 3.98. The summed E-state index contributed by atoms with van der Waals surface area (Å²) in [4.78, 5) is 27.6. The number of hydrogen-bond acceptors (Lipinski definition) is 3. The summed E-state index contributed by atoms with van der Waals surface area (Å²) < 4.78 is 0. The van der Waals surface area contributed by atoms with Crippen LogP contribution in [0.4, 0.5) is 0 Å². The molecule has 2 rings (SSSR count). The van der Waals surface area contributed by atoms with Gasteiger partial charge in [0.2, 0.25) is 11.8 Å². The van der Waals surface area contributed by atoms with Crippen LogP contribution in [0.25, 0.3) is 0 Å². The molecule has 1 aliphatic heterocycles. The Morgan fingerprint density at radius 1 is 1.41 bits per heavy atom. The van der Waals surface area contributed by atoms with Crippen molar-refractivity contribution in [2.75, 3.05) is 26.7 Å². The van der Waals surface area contributed by atoms with Crippen LogP contribution in [0.1, 0.15) is 19.3 Å². The van der Waals surface area contributed by atoms with Gasteiger partial charge in [-0.1, -0.05) is 12.2 Å². The Kier molecular flexibility index (Phi) is 3.07. The average molecular weight is 255 g/mol. The normalized spacial score (nSPS) is 23.2. The summed E-state index contributed by atoms with van der Waals surface area (Å²) in [5.74, 6) is -0.0803. The molecule has 94 valence electrons. The van der Waals surface area contributed by atoms with Crippen molar-refractivity contribution in [3.8, 4) is 0 Å². The first kappa shape index (κ1) is 12.3. The molecule has 0 aromatic heterocycles. The fourth-order valence-electron chi connectivity index (χ4n) is 2.15. The number of nitrogens with two attached hydrogens (primary N) is 1. The zero-order chi connectivity index (χ0) is 12.6. The van der Waals surface area contributed by atoms with Gasteiger partial charge in [-0.25, -0.2) is 0 Å². The molecule has 2 fully saturated rings. The van der Waals surface area contributed by atoms with Gasteiger partial charge in [0, 0.05) is 20.1 Å². The summed E-state index contributed by atoms with van der Waals surface area (Å²) in [7, 11) is 1.76. The molecule has 0 spiro atoms. The van der Waals surface area contributed by atoms with Gasteiger partial charge in [-0.05, 0) is 19.3 Å². The third-order valence-electron chi connectivity index (χ3n) is 3.59. The highest BCUT2D eigenvalue weighted by Gasteiger charge is 2.54. The molecule has 0 radical (unpaired) electrons. The van der Waals surface area contributed by atoms with Gasteiger partial charge in [-0.15, -0.1) is 0 Å². The highest BCUT2D eigenvalue weighted by Crippen LogP contribution is 2.47. The summed E-state index contributed by atoms with van der Waals surface area (Å²) in [6.45, 7) is 1.46. The molecule has 17 heavy (non-hydrogen) atoms. The fourth-order valence-corrected chi connectivity index (χ4v) is 2.44. The highest BCUT2D eigenvalue weighted by molar-refractivity contribution is 7.80. The van der Waals surface area contributed by atoms with Gasteiger partial charge >= 0.3 is 0 Å². The van der Waals surface area contributed by atoms with Crippen LogP contribution in [0.15, 0.2) is 0 Å². The molecule has 0 atom stereocenters. The SMILES string of the molecule is CN1CCCN(C(=O)C2(C(N)=S)CC2)CC1=O. The lowest BCUT2D eigenvalue weighted by Crippen LogP contribution is -2.45. The zero-order valence-electron chi connectivity index (χ0n) is 9.94. The molecule has 1 aliphatic carbocycles. The molecule has 0 unspecified atom stereocenters. The summed E-state index contributed by atoms with van der Waals surface area (Å²) in [6, 6.07) is 0. The topological polar surface area (TPSA) is 66.6 Å². The Labute approximate surface area is 106 Å². The van der Waals surface area contributed by atoms with Crippen LogP contribution in [0.2, 0.25) is 0 Å². The van der Waals surface area contributed by atoms with Gasteiger partial charge in [0.1, 0.15) is 0 Å². The van der Waals surface area contributed by atoms with Crippen molar-refractivity contribution >= 4 is 29.0 Å². The van der Waals surface area contributed by atoms with Crippen LogP contribution in [0, 0.1) is 5.41 Å². The molecule has 1 saturated heterocycles. The maximum absolute atomic E-state index is 12.3. The molecule has 0 aromatic carbocycles. The molecule has 0 bridgehead atoms. The summed E-state index contributed by atoms with van der Waals surface area (Å²) in [6.07, 6.45) is 2.25. The number of hydrogen-bond donors (Lipinski definition) is 1. The molecular formula is C11H17N3O2S. The summed E-state index contributed by atoms with van der Waals surface area (Å²) in [5, 5.41) is 0. The smallest absolute Gasteiger partial charge is 0.241 e. The van der Waals surface area contributed by atoms with Crippen LogP contribution in [0.5, 0.6) is 0 Å². The monoisotopic (exact) mass is 255 g/mol. The van der Waals surface area contributed by atoms with Crippen molar-refractivity contribution in [2.45, 2.75) is 19.3 Å². The molecule has 2 amide bonds. The van der Waals surface area contributed by atoms with Crippen molar-refractivity contribution < 1.29 is 9.59 Å². The quantitative estimate of drug-likeness (QED) is 0.691. The molecule has 5 nitrogen and oxygen atoms in total. The Hall–Kier alpha value is -1.17. The number of amides is 2. The Bertz CT molecular complexity index is 379. The van der Waals surface area contributed by atoms with E-state index >= 15 is 0 Å². The van der Waals surface area contributed by atoms with Gasteiger partial charge in [0.25, 0.3) is 0 Å².